The lowest BCUT2D eigenvalue weighted by Crippen LogP contribution is -2.14. The summed E-state index contributed by atoms with van der Waals surface area (Å²) in [4.78, 5) is 23.4. The first kappa shape index (κ1) is 28.2. The van der Waals surface area contributed by atoms with E-state index in [0.717, 1.165) is 0 Å². The van der Waals surface area contributed by atoms with Gasteiger partial charge in [-0.3, -0.25) is 0 Å². The molecule has 0 fully saturated rings. The Morgan fingerprint density at radius 2 is 1.07 bits per heavy atom. The lowest BCUT2D eigenvalue weighted by atomic mass is 10.1. The van der Waals surface area contributed by atoms with Crippen molar-refractivity contribution in [1.29, 1.82) is 0 Å². The van der Waals surface area contributed by atoms with Crippen molar-refractivity contribution >= 4 is 11.9 Å². The highest BCUT2D eigenvalue weighted by Crippen LogP contribution is 2.12. The summed E-state index contributed by atoms with van der Waals surface area (Å²) in [6.07, 6.45) is 6.33. The van der Waals surface area contributed by atoms with Crippen molar-refractivity contribution in [2.75, 3.05) is 39.6 Å². The van der Waals surface area contributed by atoms with Crippen LogP contribution in [-0.2, 0) is 14.2 Å². The van der Waals surface area contributed by atoms with E-state index in [1.54, 1.807) is 24.3 Å². The minimum atomic E-state index is -0.582. The molecule has 0 aliphatic rings. The largest absolute Gasteiger partial charge is 0.458 e. The van der Waals surface area contributed by atoms with Crippen molar-refractivity contribution in [1.82, 2.24) is 0 Å². The fourth-order valence-corrected chi connectivity index (χ4v) is 1.50. The number of aliphatic hydroxyl groups excluding tert-OH is 2. The van der Waals surface area contributed by atoms with Crippen molar-refractivity contribution in [2.24, 2.45) is 0 Å². The van der Waals surface area contributed by atoms with Crippen molar-refractivity contribution in [3.05, 3.63) is 86.0 Å². The highest BCUT2D eigenvalue weighted by atomic mass is 16.5. The molecule has 2 N–H and O–H groups in total. The van der Waals surface area contributed by atoms with Gasteiger partial charge in [-0.05, 0) is 12.1 Å². The highest BCUT2D eigenvalue weighted by Gasteiger charge is 2.18. The normalized spacial score (nSPS) is 8.76. The number of hydrogen-bond acceptors (Lipinski definition) is 7. The Morgan fingerprint density at radius 1 is 0.724 bits per heavy atom. The smallest absolute Gasteiger partial charge is 0.339 e. The molecule has 0 spiro atoms. The van der Waals surface area contributed by atoms with Gasteiger partial charge in [0.05, 0.1) is 37.6 Å². The number of aliphatic hydroxyl groups is 2. The second-order valence-corrected chi connectivity index (χ2v) is 4.88. The molecule has 29 heavy (non-hydrogen) atoms. The molecule has 1 aromatic carbocycles. The third kappa shape index (κ3) is 15.7. The minimum Gasteiger partial charge on any atom is -0.458 e. The van der Waals surface area contributed by atoms with Gasteiger partial charge in [-0.1, -0.05) is 49.6 Å². The number of carbonyl (C=O) groups is 2. The molecule has 0 amide bonds. The van der Waals surface area contributed by atoms with Crippen LogP contribution in [0.2, 0.25) is 0 Å². The van der Waals surface area contributed by atoms with Gasteiger partial charge in [0.2, 0.25) is 0 Å². The average molecular weight is 406 g/mol. The van der Waals surface area contributed by atoms with Gasteiger partial charge in [0.1, 0.15) is 13.2 Å². The number of hydrogen-bond donors (Lipinski definition) is 2. The maximum absolute atomic E-state index is 11.7. The summed E-state index contributed by atoms with van der Waals surface area (Å²) in [6, 6.07) is 6.31. The van der Waals surface area contributed by atoms with Crippen LogP contribution in [0.1, 0.15) is 20.7 Å². The molecule has 0 atom stereocenters. The lowest BCUT2D eigenvalue weighted by molar-refractivity contribution is 0.0503. The fourth-order valence-electron chi connectivity index (χ4n) is 1.50. The van der Waals surface area contributed by atoms with E-state index >= 15 is 0 Å². The van der Waals surface area contributed by atoms with E-state index in [1.165, 1.54) is 24.3 Å². The summed E-state index contributed by atoms with van der Waals surface area (Å²) in [5.74, 6) is -1.16. The lowest BCUT2D eigenvalue weighted by Gasteiger charge is -2.07. The van der Waals surface area contributed by atoms with Gasteiger partial charge >= 0.3 is 11.9 Å². The number of carbonyl (C=O) groups excluding carboxylic acids is 2. The molecule has 7 nitrogen and oxygen atoms in total. The first-order chi connectivity index (χ1) is 14.0. The zero-order valence-corrected chi connectivity index (χ0v) is 16.6. The number of benzene rings is 1. The minimum absolute atomic E-state index is 0.0921. The van der Waals surface area contributed by atoms with E-state index in [-0.39, 0.29) is 37.6 Å². The molecule has 0 bridgehead atoms. The first-order valence-electron chi connectivity index (χ1n) is 8.70. The Morgan fingerprint density at radius 3 is 1.34 bits per heavy atom. The summed E-state index contributed by atoms with van der Waals surface area (Å²) >= 11 is 0. The summed E-state index contributed by atoms with van der Waals surface area (Å²) in [7, 11) is 0. The van der Waals surface area contributed by atoms with Crippen molar-refractivity contribution < 1.29 is 34.0 Å². The van der Waals surface area contributed by atoms with Crippen LogP contribution in [0.4, 0.5) is 0 Å². The maximum Gasteiger partial charge on any atom is 0.339 e. The van der Waals surface area contributed by atoms with Crippen LogP contribution in [-0.4, -0.2) is 61.8 Å². The molecule has 1 aromatic rings. The zero-order chi connectivity index (χ0) is 22.3. The molecule has 0 saturated carbocycles. The Hall–Kier alpha value is -3.00. The van der Waals surface area contributed by atoms with Crippen molar-refractivity contribution in [2.45, 2.75) is 0 Å². The Labute approximate surface area is 172 Å². The summed E-state index contributed by atoms with van der Waals surface area (Å²) in [5, 5.41) is 15.2. The van der Waals surface area contributed by atoms with E-state index in [9.17, 15) is 9.59 Å². The molecule has 1 rings (SSSR count). The molecule has 160 valence electrons. The van der Waals surface area contributed by atoms with Crippen LogP contribution in [0.15, 0.2) is 74.9 Å². The van der Waals surface area contributed by atoms with Crippen molar-refractivity contribution in [3.8, 4) is 0 Å². The third-order valence-electron chi connectivity index (χ3n) is 2.60. The van der Waals surface area contributed by atoms with E-state index in [4.69, 9.17) is 24.4 Å². The Kier molecular flexibility index (Phi) is 20.7. The third-order valence-corrected chi connectivity index (χ3v) is 2.60. The molecule has 0 heterocycles. The topological polar surface area (TPSA) is 102 Å². The maximum atomic E-state index is 11.7. The van der Waals surface area contributed by atoms with Crippen LogP contribution >= 0.6 is 0 Å². The Balaban J connectivity index is 0. The summed E-state index contributed by atoms with van der Waals surface area (Å²) in [5.41, 5.74) is 0.349. The van der Waals surface area contributed by atoms with Crippen LogP contribution < -0.4 is 0 Å². The number of esters is 2. The molecular formula is C22H30O7. The molecule has 0 aromatic heterocycles. The molecule has 0 aliphatic heterocycles. The zero-order valence-electron chi connectivity index (χ0n) is 16.6. The van der Waals surface area contributed by atoms with Gasteiger partial charge < -0.3 is 24.4 Å². The molecule has 7 heteroatoms. The fraction of sp³-hybridized carbons (Fsp3) is 0.273. The van der Waals surface area contributed by atoms with Crippen molar-refractivity contribution in [3.63, 3.8) is 0 Å². The monoisotopic (exact) mass is 406 g/mol. The predicted octanol–water partition coefficient (Wildman–Crippen LogP) is 2.72. The molecule has 0 aliphatic carbocycles. The average Bonchev–Trinajstić information content (AvgIpc) is 2.76. The number of rotatable bonds is 11. The van der Waals surface area contributed by atoms with Gasteiger partial charge in [0.15, 0.2) is 0 Å². The highest BCUT2D eigenvalue weighted by molar-refractivity contribution is 6.03. The quantitative estimate of drug-likeness (QED) is 0.331. The van der Waals surface area contributed by atoms with Gasteiger partial charge in [0.25, 0.3) is 0 Å². The van der Waals surface area contributed by atoms with E-state index in [2.05, 4.69) is 26.3 Å². The molecular weight excluding hydrogens is 376 g/mol. The SMILES string of the molecule is C=CCOC(=O)c1ccccc1C(=O)OCC=C.C=CCOCC=C.OCCO. The Bertz CT molecular complexity index is 570. The number of ether oxygens (including phenoxy) is 3. The van der Waals surface area contributed by atoms with Gasteiger partial charge in [-0.2, -0.15) is 0 Å². The molecule has 0 unspecified atom stereocenters. The van der Waals surface area contributed by atoms with E-state index < -0.39 is 11.9 Å². The molecule has 0 radical (unpaired) electrons. The van der Waals surface area contributed by atoms with Gasteiger partial charge in [-0.25, -0.2) is 9.59 Å². The second kappa shape index (κ2) is 21.3. The standard InChI is InChI=1S/C14H14O4.C6H10O.C2H6O2/c1-3-9-17-13(15)11-7-5-6-8-12(11)14(16)18-10-4-2;1-3-5-7-6-4-2;3-1-2-4/h3-8H,1-2,9-10H2;3-4H,1-2,5-6H2;3-4H,1-2H2. The van der Waals surface area contributed by atoms with Crippen LogP contribution in [0.3, 0.4) is 0 Å². The van der Waals surface area contributed by atoms with E-state index in [1.807, 2.05) is 0 Å². The van der Waals surface area contributed by atoms with Crippen LogP contribution in [0.5, 0.6) is 0 Å². The molecule has 0 saturated heterocycles. The summed E-state index contributed by atoms with van der Waals surface area (Å²) in [6.45, 7) is 15.0. The van der Waals surface area contributed by atoms with Crippen LogP contribution in [0.25, 0.3) is 0 Å². The first-order valence-corrected chi connectivity index (χ1v) is 8.70. The predicted molar refractivity (Wildman–Crippen MR) is 113 cm³/mol. The van der Waals surface area contributed by atoms with E-state index in [0.29, 0.717) is 13.2 Å². The summed E-state index contributed by atoms with van der Waals surface area (Å²) < 4.78 is 14.7. The van der Waals surface area contributed by atoms with Gasteiger partial charge in [0, 0.05) is 0 Å². The van der Waals surface area contributed by atoms with Crippen LogP contribution in [0, 0.1) is 0 Å². The second-order valence-electron chi connectivity index (χ2n) is 4.88. The van der Waals surface area contributed by atoms with Gasteiger partial charge in [-0.15, -0.1) is 13.2 Å².